The highest BCUT2D eigenvalue weighted by atomic mass is 79.9. The molecule has 0 saturated heterocycles. The maximum atomic E-state index is 12.1. The zero-order valence-corrected chi connectivity index (χ0v) is 12.5. The molecule has 0 radical (unpaired) electrons. The number of carbonyl (C=O) groups excluding carboxylic acids is 1. The highest BCUT2D eigenvalue weighted by Crippen LogP contribution is 2.25. The van der Waals surface area contributed by atoms with Gasteiger partial charge in [-0.25, -0.2) is 4.79 Å². The van der Waals surface area contributed by atoms with Crippen LogP contribution in [0.4, 0.5) is 5.69 Å². The summed E-state index contributed by atoms with van der Waals surface area (Å²) >= 11 is 3.33. The van der Waals surface area contributed by atoms with E-state index in [2.05, 4.69) is 15.9 Å². The van der Waals surface area contributed by atoms with Crippen LogP contribution in [0.2, 0.25) is 0 Å². The molecular weight excluding hydrogens is 310 g/mol. The first-order valence-corrected chi connectivity index (χ1v) is 7.18. The van der Waals surface area contributed by atoms with Gasteiger partial charge in [-0.05, 0) is 37.5 Å². The number of ether oxygens (including phenoxy) is 2. The molecule has 5 heteroatoms. The van der Waals surface area contributed by atoms with Gasteiger partial charge in [-0.3, -0.25) is 0 Å². The number of nitrogen functional groups attached to an aromatic ring is 1. The Hall–Kier alpha value is -1.07. The van der Waals surface area contributed by atoms with E-state index in [-0.39, 0.29) is 18.2 Å². The number of hydrogen-bond donors (Lipinski definition) is 1. The predicted octanol–water partition coefficient (Wildman–Crippen LogP) is 3.15. The number of hydrogen-bond acceptors (Lipinski definition) is 4. The van der Waals surface area contributed by atoms with E-state index in [9.17, 15) is 4.79 Å². The second-order valence-corrected chi connectivity index (χ2v) is 5.70. The number of rotatable bonds is 3. The Labute approximate surface area is 121 Å². The smallest absolute Gasteiger partial charge is 0.340 e. The van der Waals surface area contributed by atoms with Crippen LogP contribution in [0.5, 0.6) is 0 Å². The number of carbonyl (C=O) groups is 1. The standard InChI is InChI=1S/C14H18BrNO3/c1-18-10-3-2-4-11(8-10)19-14(17)12-7-9(15)5-6-13(12)16/h5-7,10-11H,2-4,8,16H2,1H3. The van der Waals surface area contributed by atoms with Gasteiger partial charge in [0.15, 0.2) is 0 Å². The summed E-state index contributed by atoms with van der Waals surface area (Å²) in [5, 5.41) is 0. The number of esters is 1. The summed E-state index contributed by atoms with van der Waals surface area (Å²) in [5.74, 6) is -0.361. The van der Waals surface area contributed by atoms with E-state index in [4.69, 9.17) is 15.2 Å². The van der Waals surface area contributed by atoms with Gasteiger partial charge in [0.2, 0.25) is 0 Å². The molecule has 1 saturated carbocycles. The van der Waals surface area contributed by atoms with Gasteiger partial charge in [0.25, 0.3) is 0 Å². The third-order valence-corrected chi connectivity index (χ3v) is 3.91. The van der Waals surface area contributed by atoms with Crippen molar-refractivity contribution in [2.75, 3.05) is 12.8 Å². The van der Waals surface area contributed by atoms with Crippen molar-refractivity contribution in [1.29, 1.82) is 0 Å². The Bertz CT molecular complexity index is 464. The molecule has 0 bridgehead atoms. The maximum absolute atomic E-state index is 12.1. The molecule has 1 fully saturated rings. The van der Waals surface area contributed by atoms with Gasteiger partial charge in [0.05, 0.1) is 11.7 Å². The van der Waals surface area contributed by atoms with E-state index in [1.54, 1.807) is 25.3 Å². The Morgan fingerprint density at radius 1 is 1.37 bits per heavy atom. The first-order valence-electron chi connectivity index (χ1n) is 6.39. The minimum absolute atomic E-state index is 0.0791. The molecule has 1 aromatic rings. The van der Waals surface area contributed by atoms with Crippen molar-refractivity contribution in [3.05, 3.63) is 28.2 Å². The summed E-state index contributed by atoms with van der Waals surface area (Å²) in [6.45, 7) is 0. The minimum Gasteiger partial charge on any atom is -0.459 e. The molecule has 104 valence electrons. The molecule has 0 amide bonds. The summed E-state index contributed by atoms with van der Waals surface area (Å²) in [6.07, 6.45) is 3.81. The SMILES string of the molecule is COC1CCCC(OC(=O)c2cc(Br)ccc2N)C1. The van der Waals surface area contributed by atoms with Crippen LogP contribution in [0, 0.1) is 0 Å². The average molecular weight is 328 g/mol. The fraction of sp³-hybridized carbons (Fsp3) is 0.500. The number of benzene rings is 1. The van der Waals surface area contributed by atoms with Gasteiger partial charge >= 0.3 is 5.97 Å². The summed E-state index contributed by atoms with van der Waals surface area (Å²) in [5.41, 5.74) is 6.65. The summed E-state index contributed by atoms with van der Waals surface area (Å²) in [7, 11) is 1.70. The molecule has 1 aliphatic carbocycles. The molecule has 2 unspecified atom stereocenters. The summed E-state index contributed by atoms with van der Waals surface area (Å²) < 4.78 is 11.7. The van der Waals surface area contributed by atoms with E-state index >= 15 is 0 Å². The van der Waals surface area contributed by atoms with E-state index in [1.165, 1.54) is 0 Å². The second-order valence-electron chi connectivity index (χ2n) is 4.78. The zero-order valence-electron chi connectivity index (χ0n) is 10.9. The van der Waals surface area contributed by atoms with Gasteiger partial charge in [-0.15, -0.1) is 0 Å². The lowest BCUT2D eigenvalue weighted by molar-refractivity contribution is -0.0148. The average Bonchev–Trinajstić information content (AvgIpc) is 2.41. The molecule has 4 nitrogen and oxygen atoms in total. The van der Waals surface area contributed by atoms with Crippen LogP contribution in [-0.4, -0.2) is 25.3 Å². The van der Waals surface area contributed by atoms with Crippen molar-refractivity contribution in [2.24, 2.45) is 0 Å². The third kappa shape index (κ3) is 3.70. The van der Waals surface area contributed by atoms with Crippen LogP contribution in [0.3, 0.4) is 0 Å². The largest absolute Gasteiger partial charge is 0.459 e. The highest BCUT2D eigenvalue weighted by molar-refractivity contribution is 9.10. The van der Waals surface area contributed by atoms with Crippen LogP contribution in [0.15, 0.2) is 22.7 Å². The van der Waals surface area contributed by atoms with Crippen molar-refractivity contribution in [3.63, 3.8) is 0 Å². The van der Waals surface area contributed by atoms with E-state index < -0.39 is 0 Å². The lowest BCUT2D eigenvalue weighted by Gasteiger charge is -2.28. The molecule has 1 aliphatic rings. The number of nitrogens with two attached hydrogens (primary N) is 1. The molecule has 0 spiro atoms. The van der Waals surface area contributed by atoms with Crippen LogP contribution in [0.25, 0.3) is 0 Å². The molecular formula is C14H18BrNO3. The van der Waals surface area contributed by atoms with E-state index in [0.29, 0.717) is 11.3 Å². The predicted molar refractivity (Wildman–Crippen MR) is 77.0 cm³/mol. The number of halogens is 1. The monoisotopic (exact) mass is 327 g/mol. The first-order chi connectivity index (χ1) is 9.10. The minimum atomic E-state index is -0.361. The normalized spacial score (nSPS) is 23.1. The maximum Gasteiger partial charge on any atom is 0.340 e. The molecule has 19 heavy (non-hydrogen) atoms. The van der Waals surface area contributed by atoms with Gasteiger partial charge in [0, 0.05) is 23.7 Å². The molecule has 0 aromatic heterocycles. The van der Waals surface area contributed by atoms with Crippen LogP contribution >= 0.6 is 15.9 Å². The van der Waals surface area contributed by atoms with Gasteiger partial charge in [-0.2, -0.15) is 0 Å². The zero-order chi connectivity index (χ0) is 13.8. The molecule has 1 aromatic carbocycles. The second kappa shape index (κ2) is 6.39. The fourth-order valence-corrected chi connectivity index (χ4v) is 2.70. The summed E-state index contributed by atoms with van der Waals surface area (Å²) in [6, 6.07) is 5.18. The lowest BCUT2D eigenvalue weighted by atomic mass is 9.95. The number of anilines is 1. The molecule has 0 aliphatic heterocycles. The number of methoxy groups -OCH3 is 1. The topological polar surface area (TPSA) is 61.5 Å². The fourth-order valence-electron chi connectivity index (χ4n) is 2.34. The quantitative estimate of drug-likeness (QED) is 0.684. The molecule has 2 N–H and O–H groups in total. The van der Waals surface area contributed by atoms with Crippen molar-refractivity contribution >= 4 is 27.6 Å². The van der Waals surface area contributed by atoms with E-state index in [0.717, 1.165) is 30.2 Å². The van der Waals surface area contributed by atoms with Gasteiger partial charge in [0.1, 0.15) is 6.10 Å². The van der Waals surface area contributed by atoms with Crippen molar-refractivity contribution in [3.8, 4) is 0 Å². The first kappa shape index (κ1) is 14.3. The van der Waals surface area contributed by atoms with Crippen LogP contribution in [0.1, 0.15) is 36.0 Å². The third-order valence-electron chi connectivity index (χ3n) is 3.42. The van der Waals surface area contributed by atoms with Gasteiger partial charge in [-0.1, -0.05) is 15.9 Å². The van der Waals surface area contributed by atoms with Crippen molar-refractivity contribution in [2.45, 2.75) is 37.9 Å². The molecule has 0 heterocycles. The molecule has 2 atom stereocenters. The van der Waals surface area contributed by atoms with Crippen LogP contribution < -0.4 is 5.73 Å². The van der Waals surface area contributed by atoms with Crippen molar-refractivity contribution in [1.82, 2.24) is 0 Å². The highest BCUT2D eigenvalue weighted by Gasteiger charge is 2.25. The Balaban J connectivity index is 2.02. The Morgan fingerprint density at radius 3 is 2.84 bits per heavy atom. The Morgan fingerprint density at radius 2 is 2.11 bits per heavy atom. The van der Waals surface area contributed by atoms with Crippen molar-refractivity contribution < 1.29 is 14.3 Å². The van der Waals surface area contributed by atoms with Crippen LogP contribution in [-0.2, 0) is 9.47 Å². The summed E-state index contributed by atoms with van der Waals surface area (Å²) in [4.78, 5) is 12.1. The lowest BCUT2D eigenvalue weighted by Crippen LogP contribution is -2.29. The Kier molecular flexibility index (Phi) is 4.82. The van der Waals surface area contributed by atoms with E-state index in [1.807, 2.05) is 0 Å². The molecule has 2 rings (SSSR count). The van der Waals surface area contributed by atoms with Gasteiger partial charge < -0.3 is 15.2 Å².